The number of anilines is 1. The predicted molar refractivity (Wildman–Crippen MR) is 66.5 cm³/mol. The Hall–Kier alpha value is -1.68. The van der Waals surface area contributed by atoms with E-state index in [0.717, 1.165) is 36.2 Å². The normalized spacial score (nSPS) is 20.1. The highest BCUT2D eigenvalue weighted by atomic mass is 19.1. The maximum Gasteiger partial charge on any atom is 0.129 e. The molecule has 0 aliphatic carbocycles. The summed E-state index contributed by atoms with van der Waals surface area (Å²) in [5.74, 6) is 0.701. The van der Waals surface area contributed by atoms with Gasteiger partial charge in [-0.05, 0) is 36.8 Å². The van der Waals surface area contributed by atoms with Crippen molar-refractivity contribution in [1.29, 1.82) is 0 Å². The number of halogens is 1. The van der Waals surface area contributed by atoms with Crippen LogP contribution in [-0.4, -0.2) is 24.1 Å². The molecule has 0 amide bonds. The lowest BCUT2D eigenvalue weighted by atomic mass is 10.2. The molecular formula is C13H14FN3. The average molecular weight is 231 g/mol. The number of aromatic nitrogens is 1. The fraction of sp³-hybridized carbons (Fsp3) is 0.308. The number of benzene rings is 1. The summed E-state index contributed by atoms with van der Waals surface area (Å²) < 4.78 is 13.0. The first-order valence-corrected chi connectivity index (χ1v) is 5.79. The van der Waals surface area contributed by atoms with E-state index in [0.29, 0.717) is 0 Å². The molecule has 2 heterocycles. The minimum absolute atomic E-state index is 0.227. The minimum atomic E-state index is -0.227. The van der Waals surface area contributed by atoms with Crippen LogP contribution in [0.25, 0.3) is 10.9 Å². The molecule has 1 aliphatic rings. The van der Waals surface area contributed by atoms with Gasteiger partial charge in [0.2, 0.25) is 0 Å². The fourth-order valence-electron chi connectivity index (χ4n) is 2.26. The van der Waals surface area contributed by atoms with E-state index in [-0.39, 0.29) is 11.9 Å². The zero-order valence-corrected chi connectivity index (χ0v) is 9.44. The Balaban J connectivity index is 1.99. The molecular weight excluding hydrogens is 217 g/mol. The zero-order chi connectivity index (χ0) is 11.8. The van der Waals surface area contributed by atoms with E-state index in [1.807, 2.05) is 12.1 Å². The van der Waals surface area contributed by atoms with E-state index < -0.39 is 0 Å². The Morgan fingerprint density at radius 1 is 1.29 bits per heavy atom. The Bertz CT molecular complexity index is 555. The van der Waals surface area contributed by atoms with Crippen LogP contribution in [0.5, 0.6) is 0 Å². The largest absolute Gasteiger partial charge is 0.355 e. The molecule has 1 saturated heterocycles. The molecule has 1 unspecified atom stereocenters. The van der Waals surface area contributed by atoms with Crippen molar-refractivity contribution in [3.63, 3.8) is 0 Å². The Morgan fingerprint density at radius 2 is 2.18 bits per heavy atom. The second-order valence-electron chi connectivity index (χ2n) is 4.50. The lowest BCUT2D eigenvalue weighted by molar-refractivity contribution is 0.629. The molecule has 2 aromatic rings. The summed E-state index contributed by atoms with van der Waals surface area (Å²) >= 11 is 0. The van der Waals surface area contributed by atoms with Crippen molar-refractivity contribution < 1.29 is 4.39 Å². The summed E-state index contributed by atoms with van der Waals surface area (Å²) in [4.78, 5) is 6.71. The van der Waals surface area contributed by atoms with Crippen LogP contribution in [0.15, 0.2) is 30.3 Å². The topological polar surface area (TPSA) is 42.1 Å². The van der Waals surface area contributed by atoms with Crippen molar-refractivity contribution in [1.82, 2.24) is 4.98 Å². The van der Waals surface area contributed by atoms with Crippen molar-refractivity contribution in [3.8, 4) is 0 Å². The molecule has 1 atom stereocenters. The Morgan fingerprint density at radius 3 is 2.94 bits per heavy atom. The second-order valence-corrected chi connectivity index (χ2v) is 4.50. The first-order chi connectivity index (χ1) is 8.22. The van der Waals surface area contributed by atoms with Gasteiger partial charge in [0.05, 0.1) is 5.52 Å². The molecule has 1 aromatic heterocycles. The number of hydrogen-bond donors (Lipinski definition) is 1. The predicted octanol–water partition coefficient (Wildman–Crippen LogP) is 1.91. The molecule has 2 N–H and O–H groups in total. The highest BCUT2D eigenvalue weighted by molar-refractivity contribution is 5.80. The standard InChI is InChI=1S/C13H14FN3/c14-10-2-3-12-9(7-10)1-4-13(16-12)17-6-5-11(15)8-17/h1-4,7,11H,5-6,8,15H2. The molecule has 1 aliphatic heterocycles. The van der Waals surface area contributed by atoms with Crippen LogP contribution in [0.2, 0.25) is 0 Å². The lowest BCUT2D eigenvalue weighted by Crippen LogP contribution is -2.26. The first-order valence-electron chi connectivity index (χ1n) is 5.79. The fourth-order valence-corrected chi connectivity index (χ4v) is 2.26. The van der Waals surface area contributed by atoms with E-state index in [1.165, 1.54) is 12.1 Å². The molecule has 88 valence electrons. The summed E-state index contributed by atoms with van der Waals surface area (Å²) in [6.07, 6.45) is 1.00. The monoisotopic (exact) mass is 231 g/mol. The molecule has 0 radical (unpaired) electrons. The van der Waals surface area contributed by atoms with Gasteiger partial charge in [0.15, 0.2) is 0 Å². The van der Waals surface area contributed by atoms with Gasteiger partial charge in [0.25, 0.3) is 0 Å². The maximum absolute atomic E-state index is 13.0. The molecule has 4 heteroatoms. The summed E-state index contributed by atoms with van der Waals surface area (Å²) in [5, 5.41) is 0.831. The summed E-state index contributed by atoms with van der Waals surface area (Å²) in [6, 6.07) is 8.73. The van der Waals surface area contributed by atoms with Gasteiger partial charge in [0, 0.05) is 24.5 Å². The number of nitrogens with zero attached hydrogens (tertiary/aromatic N) is 2. The van der Waals surface area contributed by atoms with Gasteiger partial charge in [0.1, 0.15) is 11.6 Å². The quantitative estimate of drug-likeness (QED) is 0.815. The van der Waals surface area contributed by atoms with Crippen LogP contribution in [0.3, 0.4) is 0 Å². The van der Waals surface area contributed by atoms with E-state index >= 15 is 0 Å². The van der Waals surface area contributed by atoms with Crippen LogP contribution in [0.1, 0.15) is 6.42 Å². The molecule has 0 saturated carbocycles. The minimum Gasteiger partial charge on any atom is -0.355 e. The van der Waals surface area contributed by atoms with Crippen molar-refractivity contribution in [3.05, 3.63) is 36.1 Å². The summed E-state index contributed by atoms with van der Waals surface area (Å²) in [7, 11) is 0. The first kappa shape index (κ1) is 10.5. The zero-order valence-electron chi connectivity index (χ0n) is 9.44. The van der Waals surface area contributed by atoms with E-state index in [9.17, 15) is 4.39 Å². The average Bonchev–Trinajstić information content (AvgIpc) is 2.75. The molecule has 1 aromatic carbocycles. The van der Waals surface area contributed by atoms with Gasteiger partial charge in [-0.2, -0.15) is 0 Å². The highest BCUT2D eigenvalue weighted by Crippen LogP contribution is 2.21. The van der Waals surface area contributed by atoms with Crippen LogP contribution in [0.4, 0.5) is 10.2 Å². The summed E-state index contributed by atoms with van der Waals surface area (Å²) in [6.45, 7) is 1.79. The SMILES string of the molecule is NC1CCN(c2ccc3cc(F)ccc3n2)C1. The molecule has 17 heavy (non-hydrogen) atoms. The maximum atomic E-state index is 13.0. The van der Waals surface area contributed by atoms with E-state index in [1.54, 1.807) is 6.07 Å². The number of pyridine rings is 1. The van der Waals surface area contributed by atoms with E-state index in [2.05, 4.69) is 9.88 Å². The number of rotatable bonds is 1. The third kappa shape index (κ3) is 1.96. The van der Waals surface area contributed by atoms with Crippen molar-refractivity contribution >= 4 is 16.7 Å². The summed E-state index contributed by atoms with van der Waals surface area (Å²) in [5.41, 5.74) is 6.70. The van der Waals surface area contributed by atoms with Gasteiger partial charge in [-0.3, -0.25) is 0 Å². The van der Waals surface area contributed by atoms with Crippen LogP contribution >= 0.6 is 0 Å². The van der Waals surface area contributed by atoms with Gasteiger partial charge < -0.3 is 10.6 Å². The van der Waals surface area contributed by atoms with Gasteiger partial charge >= 0.3 is 0 Å². The molecule has 0 bridgehead atoms. The number of hydrogen-bond acceptors (Lipinski definition) is 3. The third-order valence-electron chi connectivity index (χ3n) is 3.19. The Kier molecular flexibility index (Phi) is 2.44. The van der Waals surface area contributed by atoms with Crippen LogP contribution in [0, 0.1) is 5.82 Å². The van der Waals surface area contributed by atoms with E-state index in [4.69, 9.17) is 5.73 Å². The molecule has 1 fully saturated rings. The Labute approximate surface area is 99.1 Å². The highest BCUT2D eigenvalue weighted by Gasteiger charge is 2.20. The van der Waals surface area contributed by atoms with Crippen molar-refractivity contribution in [2.45, 2.75) is 12.5 Å². The third-order valence-corrected chi connectivity index (χ3v) is 3.19. The van der Waals surface area contributed by atoms with Gasteiger partial charge in [-0.1, -0.05) is 0 Å². The van der Waals surface area contributed by atoms with Crippen molar-refractivity contribution in [2.75, 3.05) is 18.0 Å². The smallest absolute Gasteiger partial charge is 0.129 e. The molecule has 3 rings (SSSR count). The van der Waals surface area contributed by atoms with Crippen LogP contribution in [-0.2, 0) is 0 Å². The molecule has 0 spiro atoms. The van der Waals surface area contributed by atoms with Crippen LogP contribution < -0.4 is 10.6 Å². The number of fused-ring (bicyclic) bond motifs is 1. The second kappa shape index (κ2) is 3.96. The number of nitrogens with two attached hydrogens (primary N) is 1. The van der Waals surface area contributed by atoms with Gasteiger partial charge in [-0.15, -0.1) is 0 Å². The van der Waals surface area contributed by atoms with Crippen molar-refractivity contribution in [2.24, 2.45) is 5.73 Å². The van der Waals surface area contributed by atoms with Gasteiger partial charge in [-0.25, -0.2) is 9.37 Å². The lowest BCUT2D eigenvalue weighted by Gasteiger charge is -2.17. The molecule has 3 nitrogen and oxygen atoms in total.